The number of hydrogen-bond donors (Lipinski definition) is 2. The largest absolute Gasteiger partial charge is 1.00 e. The second-order valence-corrected chi connectivity index (χ2v) is 6.31. The molecule has 0 bridgehead atoms. The number of ether oxygens (including phenoxy) is 1. The Morgan fingerprint density at radius 3 is 2.35 bits per heavy atom. The second kappa shape index (κ2) is 12.1. The van der Waals surface area contributed by atoms with E-state index in [0.717, 1.165) is 43.4 Å². The number of halogens is 3. The minimum atomic E-state index is -0.223. The van der Waals surface area contributed by atoms with Crippen LogP contribution in [0.1, 0.15) is 24.0 Å². The average Bonchev–Trinajstić information content (AvgIpc) is 2.63. The third-order valence-corrected chi connectivity index (χ3v) is 4.52. The molecule has 0 atom stereocenters. The molecule has 1 heterocycles. The summed E-state index contributed by atoms with van der Waals surface area (Å²) in [7, 11) is 0. The Bertz CT molecular complexity index is 651. The van der Waals surface area contributed by atoms with Gasteiger partial charge in [0.2, 0.25) is 0 Å². The highest BCUT2D eigenvalue weighted by Gasteiger charge is 2.12. The smallest absolute Gasteiger partial charge is 0.129 e. The lowest BCUT2D eigenvalue weighted by molar-refractivity contribution is -0.00100. The maximum Gasteiger partial charge on any atom is 0.129 e. The quantitative estimate of drug-likeness (QED) is 0.541. The second-order valence-electron chi connectivity index (χ2n) is 6.31. The summed E-state index contributed by atoms with van der Waals surface area (Å²) in [6, 6.07) is 14.7. The molecule has 2 aromatic carbocycles. The number of rotatable bonds is 7. The Morgan fingerprint density at radius 2 is 1.62 bits per heavy atom. The van der Waals surface area contributed by atoms with Gasteiger partial charge in [-0.1, -0.05) is 36.4 Å². The molecule has 3 rings (SSSR count). The zero-order valence-electron chi connectivity index (χ0n) is 14.7. The van der Waals surface area contributed by atoms with Crippen LogP contribution in [0.4, 0.5) is 4.39 Å². The predicted molar refractivity (Wildman–Crippen MR) is 94.5 cm³/mol. The van der Waals surface area contributed by atoms with Gasteiger partial charge in [-0.3, -0.25) is 0 Å². The lowest BCUT2D eigenvalue weighted by atomic mass is 9.98. The van der Waals surface area contributed by atoms with Crippen molar-refractivity contribution in [2.24, 2.45) is 5.92 Å². The van der Waals surface area contributed by atoms with E-state index in [4.69, 9.17) is 4.74 Å². The lowest BCUT2D eigenvalue weighted by Crippen LogP contribution is -3.00. The van der Waals surface area contributed by atoms with E-state index in [2.05, 4.69) is 16.7 Å². The molecule has 0 spiro atoms. The van der Waals surface area contributed by atoms with Gasteiger partial charge in [0.15, 0.2) is 0 Å². The molecule has 1 aliphatic rings. The van der Waals surface area contributed by atoms with Gasteiger partial charge < -0.3 is 40.2 Å². The summed E-state index contributed by atoms with van der Waals surface area (Å²) in [5.41, 5.74) is 1.69. The van der Waals surface area contributed by atoms with Crippen molar-refractivity contribution < 1.29 is 33.9 Å². The number of para-hydroxylation sites is 1. The maximum atomic E-state index is 13.7. The summed E-state index contributed by atoms with van der Waals surface area (Å²) in [5, 5.41) is 6.93. The van der Waals surface area contributed by atoms with Crippen molar-refractivity contribution in [3.63, 3.8) is 0 Å². The minimum Gasteiger partial charge on any atom is -1.00 e. The molecule has 0 unspecified atom stereocenters. The molecule has 0 radical (unpaired) electrons. The molecule has 2 aromatic rings. The molecule has 1 saturated heterocycles. The molecule has 1 aliphatic heterocycles. The van der Waals surface area contributed by atoms with E-state index in [9.17, 15) is 4.39 Å². The molecule has 26 heavy (non-hydrogen) atoms. The summed E-state index contributed by atoms with van der Waals surface area (Å²) < 4.78 is 19.6. The standard InChI is InChI=1S/C20H25FN2O.2ClH/c21-19-7-3-1-6-18(19)15-24-20-8-4-2-5-17(20)14-23-13-16-9-11-22-12-10-16;;/h1-8,16,22-23H,9-15H2;2*1H/p-2. The van der Waals surface area contributed by atoms with Gasteiger partial charge >= 0.3 is 0 Å². The van der Waals surface area contributed by atoms with E-state index in [-0.39, 0.29) is 37.2 Å². The first-order valence-electron chi connectivity index (χ1n) is 8.68. The summed E-state index contributed by atoms with van der Waals surface area (Å²) in [4.78, 5) is 0. The van der Waals surface area contributed by atoms with E-state index in [1.54, 1.807) is 12.1 Å². The first kappa shape index (κ1) is 22.7. The van der Waals surface area contributed by atoms with Crippen LogP contribution in [0.3, 0.4) is 0 Å². The Kier molecular flexibility index (Phi) is 10.6. The van der Waals surface area contributed by atoms with Gasteiger partial charge in [0.05, 0.1) is 0 Å². The monoisotopic (exact) mass is 398 g/mol. The number of piperidine rings is 1. The van der Waals surface area contributed by atoms with Gasteiger partial charge in [0, 0.05) is 17.7 Å². The molecule has 0 aliphatic carbocycles. The van der Waals surface area contributed by atoms with Gasteiger partial charge in [-0.2, -0.15) is 0 Å². The van der Waals surface area contributed by atoms with Crippen LogP contribution >= 0.6 is 0 Å². The van der Waals surface area contributed by atoms with Gasteiger partial charge in [0.25, 0.3) is 0 Å². The summed E-state index contributed by atoms with van der Waals surface area (Å²) >= 11 is 0. The van der Waals surface area contributed by atoms with Crippen LogP contribution in [-0.4, -0.2) is 19.6 Å². The van der Waals surface area contributed by atoms with Crippen LogP contribution < -0.4 is 40.2 Å². The molecule has 1 fully saturated rings. The number of benzene rings is 2. The Morgan fingerprint density at radius 1 is 0.962 bits per heavy atom. The van der Waals surface area contributed by atoms with Crippen molar-refractivity contribution in [2.45, 2.75) is 26.0 Å². The molecule has 3 nitrogen and oxygen atoms in total. The third-order valence-electron chi connectivity index (χ3n) is 4.52. The highest BCUT2D eigenvalue weighted by atomic mass is 35.5. The van der Waals surface area contributed by atoms with Crippen LogP contribution in [0.25, 0.3) is 0 Å². The average molecular weight is 399 g/mol. The van der Waals surface area contributed by atoms with Gasteiger partial charge in [-0.05, 0) is 50.5 Å². The fraction of sp³-hybridized carbons (Fsp3) is 0.400. The summed E-state index contributed by atoms with van der Waals surface area (Å²) in [5.74, 6) is 1.34. The van der Waals surface area contributed by atoms with Crippen LogP contribution in [0.15, 0.2) is 48.5 Å². The molecule has 2 N–H and O–H groups in total. The molecular formula is C20H25Cl2FN2O-2. The van der Waals surface area contributed by atoms with Crippen LogP contribution in [0, 0.1) is 11.7 Å². The van der Waals surface area contributed by atoms with Crippen molar-refractivity contribution in [3.05, 3.63) is 65.5 Å². The summed E-state index contributed by atoms with van der Waals surface area (Å²) in [6.45, 7) is 4.29. The molecule has 6 heteroatoms. The fourth-order valence-electron chi connectivity index (χ4n) is 3.06. The lowest BCUT2D eigenvalue weighted by Gasteiger charge is -2.23. The SMILES string of the molecule is Fc1ccccc1COc1ccccc1CNCC1CCNCC1.[Cl-].[Cl-]. The van der Waals surface area contributed by atoms with Crippen LogP contribution in [0.2, 0.25) is 0 Å². The van der Waals surface area contributed by atoms with E-state index in [1.165, 1.54) is 18.9 Å². The molecular weight excluding hydrogens is 374 g/mol. The summed E-state index contributed by atoms with van der Waals surface area (Å²) in [6.07, 6.45) is 2.47. The minimum absolute atomic E-state index is 0. The maximum absolute atomic E-state index is 13.7. The van der Waals surface area contributed by atoms with Crippen molar-refractivity contribution in [3.8, 4) is 5.75 Å². The zero-order chi connectivity index (χ0) is 16.6. The van der Waals surface area contributed by atoms with Crippen molar-refractivity contribution in [1.29, 1.82) is 0 Å². The van der Waals surface area contributed by atoms with Gasteiger partial charge in [0.1, 0.15) is 18.2 Å². The molecule has 144 valence electrons. The van der Waals surface area contributed by atoms with E-state index >= 15 is 0 Å². The topological polar surface area (TPSA) is 33.3 Å². The van der Waals surface area contributed by atoms with Crippen LogP contribution in [0.5, 0.6) is 5.75 Å². The number of hydrogen-bond acceptors (Lipinski definition) is 3. The van der Waals surface area contributed by atoms with E-state index < -0.39 is 0 Å². The van der Waals surface area contributed by atoms with Crippen molar-refractivity contribution >= 4 is 0 Å². The van der Waals surface area contributed by atoms with E-state index in [1.807, 2.05) is 24.3 Å². The molecule has 0 aromatic heterocycles. The zero-order valence-corrected chi connectivity index (χ0v) is 16.2. The van der Waals surface area contributed by atoms with Crippen LogP contribution in [-0.2, 0) is 13.2 Å². The first-order valence-corrected chi connectivity index (χ1v) is 8.68. The van der Waals surface area contributed by atoms with Gasteiger partial charge in [-0.15, -0.1) is 0 Å². The van der Waals surface area contributed by atoms with Crippen molar-refractivity contribution in [2.75, 3.05) is 19.6 Å². The highest BCUT2D eigenvalue weighted by Crippen LogP contribution is 2.20. The highest BCUT2D eigenvalue weighted by molar-refractivity contribution is 5.33. The Labute approximate surface area is 167 Å². The Hall–Kier alpha value is -1.33. The van der Waals surface area contributed by atoms with Crippen molar-refractivity contribution in [1.82, 2.24) is 10.6 Å². The predicted octanol–water partition coefficient (Wildman–Crippen LogP) is -2.50. The third kappa shape index (κ3) is 6.76. The normalized spacial score (nSPS) is 14.2. The van der Waals surface area contributed by atoms with Gasteiger partial charge in [-0.25, -0.2) is 4.39 Å². The molecule has 0 amide bonds. The fourth-order valence-corrected chi connectivity index (χ4v) is 3.06. The first-order chi connectivity index (χ1) is 11.8. The van der Waals surface area contributed by atoms with E-state index in [0.29, 0.717) is 5.56 Å². The number of nitrogens with one attached hydrogen (secondary N) is 2. The Balaban J connectivity index is 0.00000169. The molecule has 0 saturated carbocycles.